The predicted octanol–water partition coefficient (Wildman–Crippen LogP) is 2.89. The van der Waals surface area contributed by atoms with E-state index in [1.165, 1.54) is 12.1 Å². The minimum Gasteiger partial charge on any atom is -0.334 e. The normalized spacial score (nSPS) is 10.8. The van der Waals surface area contributed by atoms with E-state index in [-0.39, 0.29) is 18.0 Å². The van der Waals surface area contributed by atoms with E-state index in [9.17, 15) is 9.18 Å². The monoisotopic (exact) mass is 283 g/mol. The molecule has 0 saturated carbocycles. The summed E-state index contributed by atoms with van der Waals surface area (Å²) >= 11 is 0. The Morgan fingerprint density at radius 3 is 2.90 bits per heavy atom. The highest BCUT2D eigenvalue weighted by Crippen LogP contribution is 2.16. The van der Waals surface area contributed by atoms with Crippen molar-refractivity contribution in [2.24, 2.45) is 7.05 Å². The summed E-state index contributed by atoms with van der Waals surface area (Å²) in [6.45, 7) is 0. The van der Waals surface area contributed by atoms with E-state index in [2.05, 4.69) is 10.3 Å². The van der Waals surface area contributed by atoms with Gasteiger partial charge in [-0.05, 0) is 29.8 Å². The van der Waals surface area contributed by atoms with Gasteiger partial charge in [-0.1, -0.05) is 18.2 Å². The number of hydrogen-bond acceptors (Lipinski definition) is 2. The first-order valence-electron chi connectivity index (χ1n) is 6.58. The van der Waals surface area contributed by atoms with Crippen molar-refractivity contribution in [1.29, 1.82) is 0 Å². The van der Waals surface area contributed by atoms with Crippen molar-refractivity contribution < 1.29 is 9.18 Å². The van der Waals surface area contributed by atoms with Crippen LogP contribution < -0.4 is 5.32 Å². The first kappa shape index (κ1) is 13.3. The van der Waals surface area contributed by atoms with Crippen molar-refractivity contribution in [1.82, 2.24) is 9.55 Å². The summed E-state index contributed by atoms with van der Waals surface area (Å²) in [5.41, 5.74) is 2.89. The molecule has 0 aliphatic rings. The van der Waals surface area contributed by atoms with Gasteiger partial charge in [-0.2, -0.15) is 0 Å². The van der Waals surface area contributed by atoms with Crippen LogP contribution in [0.4, 0.5) is 10.1 Å². The number of nitrogens with one attached hydrogen (secondary N) is 1. The zero-order valence-corrected chi connectivity index (χ0v) is 11.5. The van der Waals surface area contributed by atoms with Crippen LogP contribution in [-0.4, -0.2) is 15.5 Å². The molecule has 1 amide bonds. The molecule has 1 aromatic heterocycles. The summed E-state index contributed by atoms with van der Waals surface area (Å²) in [5, 5.41) is 2.57. The molecule has 0 fully saturated rings. The Balaban J connectivity index is 1.75. The SMILES string of the molecule is Cn1cnc2cc(CC(=O)Nc3ccccc3F)ccc21. The lowest BCUT2D eigenvalue weighted by Gasteiger charge is -2.06. The van der Waals surface area contributed by atoms with Crippen molar-refractivity contribution in [3.8, 4) is 0 Å². The summed E-state index contributed by atoms with van der Waals surface area (Å²) < 4.78 is 15.4. The molecule has 21 heavy (non-hydrogen) atoms. The number of amides is 1. The molecule has 0 saturated heterocycles. The highest BCUT2D eigenvalue weighted by Gasteiger charge is 2.08. The molecule has 0 unspecified atom stereocenters. The highest BCUT2D eigenvalue weighted by molar-refractivity contribution is 5.93. The number of carbonyl (C=O) groups excluding carboxylic acids is 1. The molecule has 1 heterocycles. The minimum absolute atomic E-state index is 0.181. The number of aromatic nitrogens is 2. The Kier molecular flexibility index (Phi) is 3.39. The fourth-order valence-electron chi connectivity index (χ4n) is 2.23. The van der Waals surface area contributed by atoms with Gasteiger partial charge in [0.05, 0.1) is 29.5 Å². The summed E-state index contributed by atoms with van der Waals surface area (Å²) in [6, 6.07) is 11.8. The van der Waals surface area contributed by atoms with Gasteiger partial charge in [-0.15, -0.1) is 0 Å². The van der Waals surface area contributed by atoms with Gasteiger partial charge in [0, 0.05) is 7.05 Å². The molecule has 5 heteroatoms. The first-order valence-corrected chi connectivity index (χ1v) is 6.58. The van der Waals surface area contributed by atoms with Crippen LogP contribution >= 0.6 is 0 Å². The van der Waals surface area contributed by atoms with E-state index in [1.807, 2.05) is 29.8 Å². The lowest BCUT2D eigenvalue weighted by molar-refractivity contribution is -0.115. The van der Waals surface area contributed by atoms with Gasteiger partial charge in [0.1, 0.15) is 5.82 Å². The Bertz CT molecular complexity index is 810. The van der Waals surface area contributed by atoms with Gasteiger partial charge >= 0.3 is 0 Å². The van der Waals surface area contributed by atoms with Crippen LogP contribution in [0.25, 0.3) is 11.0 Å². The Morgan fingerprint density at radius 1 is 1.29 bits per heavy atom. The third-order valence-corrected chi connectivity index (χ3v) is 3.30. The van der Waals surface area contributed by atoms with Crippen LogP contribution in [0.2, 0.25) is 0 Å². The number of carbonyl (C=O) groups is 1. The number of aryl methyl sites for hydroxylation is 1. The van der Waals surface area contributed by atoms with Gasteiger partial charge < -0.3 is 9.88 Å². The zero-order chi connectivity index (χ0) is 14.8. The Morgan fingerprint density at radius 2 is 2.10 bits per heavy atom. The quantitative estimate of drug-likeness (QED) is 0.803. The van der Waals surface area contributed by atoms with Gasteiger partial charge in [0.15, 0.2) is 0 Å². The summed E-state index contributed by atoms with van der Waals surface area (Å²) in [4.78, 5) is 16.2. The molecule has 106 valence electrons. The van der Waals surface area contributed by atoms with Gasteiger partial charge in [0.2, 0.25) is 5.91 Å². The highest BCUT2D eigenvalue weighted by atomic mass is 19.1. The maximum absolute atomic E-state index is 13.5. The second-order valence-corrected chi connectivity index (χ2v) is 4.88. The second kappa shape index (κ2) is 5.36. The average Bonchev–Trinajstić information content (AvgIpc) is 2.82. The summed E-state index contributed by atoms with van der Waals surface area (Å²) in [7, 11) is 1.92. The lowest BCUT2D eigenvalue weighted by atomic mass is 10.1. The molecule has 0 aliphatic carbocycles. The van der Waals surface area contributed by atoms with E-state index in [4.69, 9.17) is 0 Å². The number of fused-ring (bicyclic) bond motifs is 1. The third kappa shape index (κ3) is 2.76. The Hall–Kier alpha value is -2.69. The van der Waals surface area contributed by atoms with Crippen LogP contribution in [-0.2, 0) is 18.3 Å². The van der Waals surface area contributed by atoms with Gasteiger partial charge in [-0.25, -0.2) is 9.37 Å². The number of nitrogens with zero attached hydrogens (tertiary/aromatic N) is 2. The van der Waals surface area contributed by atoms with Gasteiger partial charge in [-0.3, -0.25) is 4.79 Å². The minimum atomic E-state index is -0.439. The largest absolute Gasteiger partial charge is 0.334 e. The van der Waals surface area contributed by atoms with E-state index in [0.29, 0.717) is 0 Å². The van der Waals surface area contributed by atoms with Crippen molar-refractivity contribution in [3.05, 3.63) is 60.2 Å². The maximum atomic E-state index is 13.5. The maximum Gasteiger partial charge on any atom is 0.228 e. The van der Waals surface area contributed by atoms with Gasteiger partial charge in [0.25, 0.3) is 0 Å². The number of halogens is 1. The average molecular weight is 283 g/mol. The summed E-state index contributed by atoms with van der Waals surface area (Å²) in [5.74, 6) is -0.693. The van der Waals surface area contributed by atoms with Crippen molar-refractivity contribution in [2.45, 2.75) is 6.42 Å². The molecule has 4 nitrogen and oxygen atoms in total. The van der Waals surface area contributed by atoms with Crippen LogP contribution in [0, 0.1) is 5.82 Å². The number of para-hydroxylation sites is 1. The van der Waals surface area contributed by atoms with E-state index in [1.54, 1.807) is 18.5 Å². The number of benzene rings is 2. The number of imidazole rings is 1. The van der Waals surface area contributed by atoms with Crippen LogP contribution in [0.3, 0.4) is 0 Å². The molecule has 0 bridgehead atoms. The molecule has 1 N–H and O–H groups in total. The van der Waals surface area contributed by atoms with Crippen LogP contribution in [0.1, 0.15) is 5.56 Å². The molecular formula is C16H14FN3O. The number of anilines is 1. The lowest BCUT2D eigenvalue weighted by Crippen LogP contribution is -2.15. The molecule has 3 aromatic rings. The topological polar surface area (TPSA) is 46.9 Å². The second-order valence-electron chi connectivity index (χ2n) is 4.88. The van der Waals surface area contributed by atoms with E-state index < -0.39 is 5.82 Å². The van der Waals surface area contributed by atoms with Crippen LogP contribution in [0.5, 0.6) is 0 Å². The van der Waals surface area contributed by atoms with Crippen molar-refractivity contribution >= 4 is 22.6 Å². The van der Waals surface area contributed by atoms with Crippen LogP contribution in [0.15, 0.2) is 48.8 Å². The molecule has 0 aliphatic heterocycles. The molecule has 0 atom stereocenters. The third-order valence-electron chi connectivity index (χ3n) is 3.30. The summed E-state index contributed by atoms with van der Waals surface area (Å²) in [6.07, 6.45) is 1.91. The number of hydrogen-bond donors (Lipinski definition) is 1. The number of rotatable bonds is 3. The van der Waals surface area contributed by atoms with Crippen molar-refractivity contribution in [3.63, 3.8) is 0 Å². The Labute approximate surface area is 121 Å². The smallest absolute Gasteiger partial charge is 0.228 e. The molecule has 0 spiro atoms. The zero-order valence-electron chi connectivity index (χ0n) is 11.5. The fraction of sp³-hybridized carbons (Fsp3) is 0.125. The molecular weight excluding hydrogens is 269 g/mol. The molecule has 0 radical (unpaired) electrons. The fourth-order valence-corrected chi connectivity index (χ4v) is 2.23. The first-order chi connectivity index (χ1) is 10.1. The van der Waals surface area contributed by atoms with E-state index >= 15 is 0 Å². The predicted molar refractivity (Wildman–Crippen MR) is 79.4 cm³/mol. The van der Waals surface area contributed by atoms with E-state index in [0.717, 1.165) is 16.6 Å². The molecule has 3 rings (SSSR count). The van der Waals surface area contributed by atoms with Crippen molar-refractivity contribution in [2.75, 3.05) is 5.32 Å². The standard InChI is InChI=1S/C16H14FN3O/c1-20-10-18-14-8-11(6-7-15(14)20)9-16(21)19-13-5-3-2-4-12(13)17/h2-8,10H,9H2,1H3,(H,19,21). The molecule has 2 aromatic carbocycles.